The first-order valence-electron chi connectivity index (χ1n) is 23.8. The molecular formula is C49H85NO10. The molecule has 0 radical (unpaired) electrons. The summed E-state index contributed by atoms with van der Waals surface area (Å²) in [5.41, 5.74) is -1.51. The van der Waals surface area contributed by atoms with E-state index in [2.05, 4.69) is 45.2 Å². The molecule has 0 bridgehead atoms. The van der Waals surface area contributed by atoms with Crippen molar-refractivity contribution in [1.82, 2.24) is 5.32 Å². The average molecular weight is 848 g/mol. The number of aliphatic hydroxyl groups excluding tert-OH is 2. The van der Waals surface area contributed by atoms with E-state index in [-0.39, 0.29) is 41.1 Å². The first kappa shape index (κ1) is 50.8. The molecule has 4 rings (SSSR count). The Morgan fingerprint density at radius 2 is 1.63 bits per heavy atom. The van der Waals surface area contributed by atoms with Gasteiger partial charge in [-0.2, -0.15) is 0 Å². The van der Waals surface area contributed by atoms with Crippen molar-refractivity contribution in [2.75, 3.05) is 0 Å². The number of carboxylic acids is 1. The van der Waals surface area contributed by atoms with E-state index in [1.807, 2.05) is 34.6 Å². The van der Waals surface area contributed by atoms with Crippen LogP contribution in [-0.2, 0) is 28.5 Å². The van der Waals surface area contributed by atoms with E-state index < -0.39 is 70.9 Å². The van der Waals surface area contributed by atoms with E-state index in [0.717, 1.165) is 32.1 Å². The molecule has 1 aliphatic carbocycles. The van der Waals surface area contributed by atoms with Gasteiger partial charge in [0.1, 0.15) is 17.6 Å². The smallest absolute Gasteiger partial charge is 0.334 e. The molecule has 5 N–H and O–H groups in total. The number of aliphatic hydroxyl groups is 3. The summed E-state index contributed by atoms with van der Waals surface area (Å²) >= 11 is 0. The topological polar surface area (TPSA) is 164 Å². The standard InChI is InChI=1S/C49H85NO10/c1-14-29(5)43(57-35(11)38(15-2)45(54)55)34(10)41(52)33(9)42(53)39(16-3)44-30(6)28-32(8)48(58-44)25-23-40(50-37-20-18-19-21-37)49(60-48)27-26-46(13,59-49)31(7)22-24-47(56,17-4)36(12)51/h23,25,29-34,36-37,39-41,43-44,50-52,56H,14-22,24,26-28H2,1-13H3,(H,54,55)/b38-35-/t29-,30-,31+,32+,33-,34-,36-,39?,40+,41+,43?,44-,46-,47+,48-,49-/m0/s1. The molecule has 3 aliphatic heterocycles. The predicted octanol–water partition coefficient (Wildman–Crippen LogP) is 8.86. The van der Waals surface area contributed by atoms with Crippen molar-refractivity contribution in [3.05, 3.63) is 23.5 Å². The highest BCUT2D eigenvalue weighted by Crippen LogP contribution is 2.54. The van der Waals surface area contributed by atoms with Gasteiger partial charge in [0.15, 0.2) is 11.6 Å². The Bertz CT molecular complexity index is 1490. The summed E-state index contributed by atoms with van der Waals surface area (Å²) in [4.78, 5) is 26.6. The van der Waals surface area contributed by atoms with Gasteiger partial charge < -0.3 is 44.7 Å². The zero-order chi connectivity index (χ0) is 45.0. The lowest BCUT2D eigenvalue weighted by Crippen LogP contribution is -2.65. The minimum atomic E-state index is -1.15. The predicted molar refractivity (Wildman–Crippen MR) is 235 cm³/mol. The molecule has 0 aromatic rings. The van der Waals surface area contributed by atoms with Gasteiger partial charge in [-0.25, -0.2) is 4.79 Å². The van der Waals surface area contributed by atoms with Crippen LogP contribution in [0.15, 0.2) is 23.5 Å². The Kier molecular flexibility index (Phi) is 17.6. The lowest BCUT2D eigenvalue weighted by atomic mass is 9.73. The summed E-state index contributed by atoms with van der Waals surface area (Å²) in [6, 6.07) is 0.154. The van der Waals surface area contributed by atoms with Crippen molar-refractivity contribution in [3.8, 4) is 0 Å². The van der Waals surface area contributed by atoms with E-state index in [4.69, 9.17) is 18.9 Å². The van der Waals surface area contributed by atoms with Crippen LogP contribution in [0, 0.1) is 41.4 Å². The number of nitrogens with one attached hydrogen (secondary N) is 1. The highest BCUT2D eigenvalue weighted by molar-refractivity contribution is 5.87. The van der Waals surface area contributed by atoms with Crippen LogP contribution in [0.1, 0.15) is 173 Å². The van der Waals surface area contributed by atoms with Gasteiger partial charge in [0, 0.05) is 36.1 Å². The Morgan fingerprint density at radius 1 is 0.983 bits per heavy atom. The fourth-order valence-corrected chi connectivity index (χ4v) is 10.9. The number of carbonyl (C=O) groups is 2. The van der Waals surface area contributed by atoms with Crippen LogP contribution in [0.2, 0.25) is 0 Å². The largest absolute Gasteiger partial charge is 0.494 e. The van der Waals surface area contributed by atoms with Crippen LogP contribution in [0.3, 0.4) is 0 Å². The van der Waals surface area contributed by atoms with Crippen molar-refractivity contribution in [2.24, 2.45) is 41.4 Å². The van der Waals surface area contributed by atoms with Gasteiger partial charge in [0.25, 0.3) is 0 Å². The van der Waals surface area contributed by atoms with Gasteiger partial charge in [-0.1, -0.05) is 94.6 Å². The van der Waals surface area contributed by atoms with Gasteiger partial charge >= 0.3 is 5.97 Å². The maximum Gasteiger partial charge on any atom is 0.334 e. The first-order chi connectivity index (χ1) is 28.1. The summed E-state index contributed by atoms with van der Waals surface area (Å²) in [6.45, 7) is 25.4. The fourth-order valence-electron chi connectivity index (χ4n) is 10.9. The lowest BCUT2D eigenvalue weighted by molar-refractivity contribution is -0.395. The van der Waals surface area contributed by atoms with Crippen LogP contribution in [0.4, 0.5) is 0 Å². The van der Waals surface area contributed by atoms with Crippen LogP contribution >= 0.6 is 0 Å². The number of rotatable bonds is 21. The van der Waals surface area contributed by atoms with E-state index in [9.17, 15) is 30.0 Å². The second-order valence-electron chi connectivity index (χ2n) is 20.0. The van der Waals surface area contributed by atoms with E-state index in [1.54, 1.807) is 27.7 Å². The molecule has 3 fully saturated rings. The molecule has 346 valence electrons. The summed E-state index contributed by atoms with van der Waals surface area (Å²) in [6.07, 6.45) is 11.4. The van der Waals surface area contributed by atoms with E-state index in [1.165, 1.54) is 12.8 Å². The first-order valence-corrected chi connectivity index (χ1v) is 23.8. The Hall–Kier alpha value is -1.86. The number of ether oxygens (including phenoxy) is 4. The molecule has 3 heterocycles. The van der Waals surface area contributed by atoms with Crippen LogP contribution in [0.25, 0.3) is 0 Å². The normalized spacial score (nSPS) is 35.3. The van der Waals surface area contributed by atoms with Crippen molar-refractivity contribution >= 4 is 11.8 Å². The summed E-state index contributed by atoms with van der Waals surface area (Å²) in [7, 11) is 0. The van der Waals surface area contributed by atoms with Gasteiger partial charge in [0.2, 0.25) is 0 Å². The Morgan fingerprint density at radius 3 is 2.18 bits per heavy atom. The molecule has 1 saturated carbocycles. The maximum absolute atomic E-state index is 14.7. The summed E-state index contributed by atoms with van der Waals surface area (Å²) < 4.78 is 28.3. The third-order valence-corrected chi connectivity index (χ3v) is 16.0. The maximum atomic E-state index is 14.7. The molecule has 11 nitrogen and oxygen atoms in total. The molecule has 11 heteroatoms. The summed E-state index contributed by atoms with van der Waals surface area (Å²) in [5, 5.41) is 47.2. The van der Waals surface area contributed by atoms with Crippen molar-refractivity contribution in [3.63, 3.8) is 0 Å². The van der Waals surface area contributed by atoms with Crippen LogP contribution < -0.4 is 5.32 Å². The highest BCUT2D eigenvalue weighted by Gasteiger charge is 2.62. The molecule has 2 spiro atoms. The number of ketones is 1. The molecule has 0 aromatic carbocycles. The van der Waals surface area contributed by atoms with Crippen molar-refractivity contribution in [2.45, 2.75) is 233 Å². The van der Waals surface area contributed by atoms with Crippen LogP contribution in [0.5, 0.6) is 0 Å². The minimum Gasteiger partial charge on any atom is -0.494 e. The molecule has 0 amide bonds. The van der Waals surface area contributed by atoms with E-state index in [0.29, 0.717) is 50.3 Å². The number of aliphatic carboxylic acids is 1. The number of carboxylic acid groups (broad SMARTS) is 1. The molecule has 4 aliphatic rings. The minimum absolute atomic E-state index is 0.00447. The quantitative estimate of drug-likeness (QED) is 0.0426. The molecular weight excluding hydrogens is 763 g/mol. The van der Waals surface area contributed by atoms with Crippen LogP contribution in [-0.4, -0.2) is 91.5 Å². The fraction of sp³-hybridized carbons (Fsp3) is 0.878. The third-order valence-electron chi connectivity index (χ3n) is 16.0. The zero-order valence-corrected chi connectivity index (χ0v) is 39.6. The van der Waals surface area contributed by atoms with Crippen molar-refractivity contribution < 1.29 is 49.0 Å². The van der Waals surface area contributed by atoms with Gasteiger partial charge in [-0.3, -0.25) is 4.79 Å². The molecule has 60 heavy (non-hydrogen) atoms. The molecule has 0 aromatic heterocycles. The lowest BCUT2D eigenvalue weighted by Gasteiger charge is -2.55. The number of Topliss-reactive ketones (excluding diaryl/α,β-unsaturated/α-hetero) is 1. The Balaban J connectivity index is 1.61. The Labute approximate surface area is 362 Å². The average Bonchev–Trinajstić information content (AvgIpc) is 3.86. The van der Waals surface area contributed by atoms with Gasteiger partial charge in [-0.15, -0.1) is 0 Å². The second kappa shape index (κ2) is 20.8. The zero-order valence-electron chi connectivity index (χ0n) is 39.6. The molecule has 2 saturated heterocycles. The molecule has 16 atom stereocenters. The second-order valence-corrected chi connectivity index (χ2v) is 20.0. The SMILES string of the molecule is CC/C(C(=O)O)=C(\C)OC([C@@H](C)[C@H](O)[C@H](C)C(=O)C(CC)[C@H]1O[C@]2(C=C[C@@H](NC3CCCC3)[C@]3(CC[C@@](C)([C@H](C)CC[C@](O)(CC)[C@H](C)O)O3)O2)[C@H](C)C[C@@H]1C)[C@@H](C)CC. The van der Waals surface area contributed by atoms with Gasteiger partial charge in [-0.05, 0) is 102 Å². The van der Waals surface area contributed by atoms with E-state index >= 15 is 0 Å². The van der Waals surface area contributed by atoms with Crippen molar-refractivity contribution in [1.29, 1.82) is 0 Å². The third kappa shape index (κ3) is 10.7. The molecule has 2 unspecified atom stereocenters. The highest BCUT2D eigenvalue weighted by atomic mass is 16.8. The summed E-state index contributed by atoms with van der Waals surface area (Å²) in [5.74, 6) is -4.53. The number of allylic oxidation sites excluding steroid dienone is 1. The number of hydrogen-bond donors (Lipinski definition) is 5. The number of carbonyl (C=O) groups excluding carboxylic acids is 1. The van der Waals surface area contributed by atoms with Gasteiger partial charge in [0.05, 0.1) is 41.1 Å². The number of hydrogen-bond acceptors (Lipinski definition) is 10. The monoisotopic (exact) mass is 848 g/mol.